The van der Waals surface area contributed by atoms with Crippen LogP contribution in [0.25, 0.3) is 11.2 Å². The van der Waals surface area contributed by atoms with Gasteiger partial charge in [-0.15, -0.1) is 0 Å². The van der Waals surface area contributed by atoms with Crippen LogP contribution in [0, 0.1) is 0 Å². The van der Waals surface area contributed by atoms with Crippen molar-refractivity contribution >= 4 is 27.1 Å². The van der Waals surface area contributed by atoms with Gasteiger partial charge in [-0.2, -0.15) is 0 Å². The number of H-pyrrole nitrogens is 1. The first-order chi connectivity index (χ1) is 9.60. The zero-order valence-electron chi connectivity index (χ0n) is 11.8. The Morgan fingerprint density at radius 3 is 2.30 bits per heavy atom. The largest absolute Gasteiger partial charge is 0.332 e. The highest BCUT2D eigenvalue weighted by Gasteiger charge is 2.16. The Labute approximate surface area is 125 Å². The third-order valence-corrected chi connectivity index (χ3v) is 3.68. The number of imidazole rings is 1. The lowest BCUT2D eigenvalue weighted by Crippen LogP contribution is -2.40. The van der Waals surface area contributed by atoms with Crippen LogP contribution in [-0.4, -0.2) is 19.1 Å². The number of nitrogens with zero attached hydrogens (tertiary/aromatic N) is 3. The summed E-state index contributed by atoms with van der Waals surface area (Å²) >= 11 is 3.23. The van der Waals surface area contributed by atoms with Crippen LogP contribution in [0.3, 0.4) is 0 Å². The van der Waals surface area contributed by atoms with Gasteiger partial charge in [-0.3, -0.25) is 13.9 Å². The van der Waals surface area contributed by atoms with Gasteiger partial charge in [-0.25, -0.2) is 9.78 Å². The van der Waals surface area contributed by atoms with Gasteiger partial charge in [0.2, 0.25) is 0 Å². The molecule has 6 nitrogen and oxygen atoms in total. The molecule has 0 saturated carbocycles. The summed E-state index contributed by atoms with van der Waals surface area (Å²) in [5.74, 6) is 0. The van der Waals surface area contributed by atoms with Gasteiger partial charge in [0.15, 0.2) is 15.9 Å². The predicted octanol–water partition coefficient (Wildman–Crippen LogP) is 2.25. The van der Waals surface area contributed by atoms with E-state index in [-0.39, 0.29) is 11.2 Å². The molecule has 0 saturated heterocycles. The van der Waals surface area contributed by atoms with Crippen LogP contribution in [-0.2, 0) is 13.1 Å². The Morgan fingerprint density at radius 1 is 1.10 bits per heavy atom. The number of aromatic amines is 1. The maximum absolute atomic E-state index is 12.5. The van der Waals surface area contributed by atoms with Gasteiger partial charge in [-0.1, -0.05) is 26.7 Å². The molecule has 0 aliphatic heterocycles. The lowest BCUT2D eigenvalue weighted by molar-refractivity contribution is 0.530. The molecule has 2 heterocycles. The third kappa shape index (κ3) is 2.72. The summed E-state index contributed by atoms with van der Waals surface area (Å²) in [4.78, 5) is 32.0. The van der Waals surface area contributed by atoms with Crippen molar-refractivity contribution in [2.45, 2.75) is 52.6 Å². The molecule has 0 amide bonds. The summed E-state index contributed by atoms with van der Waals surface area (Å²) in [5.41, 5.74) is 0.282. The second kappa shape index (κ2) is 6.39. The molecule has 20 heavy (non-hydrogen) atoms. The van der Waals surface area contributed by atoms with E-state index >= 15 is 0 Å². The fourth-order valence-corrected chi connectivity index (χ4v) is 2.54. The maximum Gasteiger partial charge on any atom is 0.332 e. The fraction of sp³-hybridized carbons (Fsp3) is 0.615. The van der Waals surface area contributed by atoms with Crippen molar-refractivity contribution < 1.29 is 0 Å². The van der Waals surface area contributed by atoms with E-state index < -0.39 is 0 Å². The molecule has 0 aliphatic carbocycles. The lowest BCUT2D eigenvalue weighted by atomic mass is 10.3. The van der Waals surface area contributed by atoms with Gasteiger partial charge in [0.1, 0.15) is 0 Å². The number of aromatic nitrogens is 4. The van der Waals surface area contributed by atoms with Gasteiger partial charge in [0.25, 0.3) is 5.56 Å². The Hall–Kier alpha value is -1.37. The Bertz CT molecular complexity index is 713. The summed E-state index contributed by atoms with van der Waals surface area (Å²) in [6.45, 7) is 5.13. The monoisotopic (exact) mass is 342 g/mol. The van der Waals surface area contributed by atoms with Crippen LogP contribution >= 0.6 is 15.9 Å². The molecule has 2 aromatic heterocycles. The first-order valence-electron chi connectivity index (χ1n) is 6.99. The molecular weight excluding hydrogens is 324 g/mol. The van der Waals surface area contributed by atoms with Crippen LogP contribution in [0.1, 0.15) is 39.5 Å². The van der Waals surface area contributed by atoms with E-state index in [2.05, 4.69) is 32.8 Å². The topological polar surface area (TPSA) is 72.7 Å². The molecule has 0 atom stereocenters. The van der Waals surface area contributed by atoms with E-state index in [9.17, 15) is 9.59 Å². The molecule has 2 rings (SSSR count). The van der Waals surface area contributed by atoms with Crippen molar-refractivity contribution in [3.05, 3.63) is 25.6 Å². The van der Waals surface area contributed by atoms with Gasteiger partial charge in [-0.05, 0) is 28.8 Å². The molecule has 0 aromatic carbocycles. The van der Waals surface area contributed by atoms with Gasteiger partial charge < -0.3 is 4.98 Å². The zero-order valence-corrected chi connectivity index (χ0v) is 13.4. The van der Waals surface area contributed by atoms with Crippen molar-refractivity contribution in [1.29, 1.82) is 0 Å². The van der Waals surface area contributed by atoms with Crippen LogP contribution < -0.4 is 11.2 Å². The van der Waals surface area contributed by atoms with Gasteiger partial charge in [0, 0.05) is 13.1 Å². The number of hydrogen-bond acceptors (Lipinski definition) is 3. The number of nitrogens with one attached hydrogen (secondary N) is 1. The first kappa shape index (κ1) is 15.0. The Kier molecular flexibility index (Phi) is 4.80. The molecule has 0 fully saturated rings. The highest BCUT2D eigenvalue weighted by molar-refractivity contribution is 9.10. The van der Waals surface area contributed by atoms with E-state index in [0.29, 0.717) is 29.0 Å². The van der Waals surface area contributed by atoms with E-state index in [1.54, 1.807) is 4.57 Å². The molecule has 110 valence electrons. The second-order valence-electron chi connectivity index (χ2n) is 4.82. The Morgan fingerprint density at radius 2 is 1.70 bits per heavy atom. The maximum atomic E-state index is 12.5. The standard InChI is InChI=1S/C13H19BrN4O2/c1-3-5-7-17-10-9(15-12(14)16-10)11(19)18(13(17)20)8-6-4-2/h3-8H2,1-2H3,(H,15,16). The minimum absolute atomic E-state index is 0.261. The molecule has 0 aliphatic rings. The van der Waals surface area contributed by atoms with Gasteiger partial charge >= 0.3 is 5.69 Å². The highest BCUT2D eigenvalue weighted by Crippen LogP contribution is 2.11. The summed E-state index contributed by atoms with van der Waals surface area (Å²) in [7, 11) is 0. The lowest BCUT2D eigenvalue weighted by Gasteiger charge is -2.10. The van der Waals surface area contributed by atoms with Crippen molar-refractivity contribution in [1.82, 2.24) is 19.1 Å². The molecular formula is C13H19BrN4O2. The summed E-state index contributed by atoms with van der Waals surface area (Å²) in [6, 6.07) is 0. The molecule has 7 heteroatoms. The normalized spacial score (nSPS) is 11.3. The quantitative estimate of drug-likeness (QED) is 0.818. The van der Waals surface area contributed by atoms with E-state index in [1.807, 2.05) is 6.92 Å². The number of hydrogen-bond donors (Lipinski definition) is 1. The predicted molar refractivity (Wildman–Crippen MR) is 82.1 cm³/mol. The van der Waals surface area contributed by atoms with Crippen LogP contribution in [0.15, 0.2) is 14.3 Å². The number of halogens is 1. The van der Waals surface area contributed by atoms with Gasteiger partial charge in [0.05, 0.1) is 0 Å². The average Bonchev–Trinajstić information content (AvgIpc) is 2.81. The molecule has 1 N–H and O–H groups in total. The summed E-state index contributed by atoms with van der Waals surface area (Å²) < 4.78 is 3.38. The SMILES string of the molecule is CCCCn1c(=O)c2[nH]c(Br)nc2n(CCCC)c1=O. The van der Waals surface area contributed by atoms with Crippen LogP contribution in [0.5, 0.6) is 0 Å². The number of aryl methyl sites for hydroxylation is 1. The zero-order chi connectivity index (χ0) is 14.7. The van der Waals surface area contributed by atoms with Crippen molar-refractivity contribution in [2.24, 2.45) is 0 Å². The number of fused-ring (bicyclic) bond motifs is 1. The van der Waals surface area contributed by atoms with Crippen LogP contribution in [0.4, 0.5) is 0 Å². The molecule has 2 aromatic rings. The second-order valence-corrected chi connectivity index (χ2v) is 5.58. The summed E-state index contributed by atoms with van der Waals surface area (Å²) in [5, 5.41) is 0. The number of rotatable bonds is 6. The van der Waals surface area contributed by atoms with Crippen molar-refractivity contribution in [2.75, 3.05) is 0 Å². The molecule has 0 radical (unpaired) electrons. The minimum Gasteiger partial charge on any atom is -0.327 e. The van der Waals surface area contributed by atoms with E-state index in [4.69, 9.17) is 0 Å². The average molecular weight is 343 g/mol. The smallest absolute Gasteiger partial charge is 0.327 e. The fourth-order valence-electron chi connectivity index (χ4n) is 2.17. The van der Waals surface area contributed by atoms with Crippen LogP contribution in [0.2, 0.25) is 0 Å². The molecule has 0 bridgehead atoms. The van der Waals surface area contributed by atoms with Crippen molar-refractivity contribution in [3.63, 3.8) is 0 Å². The minimum atomic E-state index is -0.288. The first-order valence-corrected chi connectivity index (χ1v) is 7.78. The molecule has 0 unspecified atom stereocenters. The highest BCUT2D eigenvalue weighted by atomic mass is 79.9. The summed E-state index contributed by atoms with van der Waals surface area (Å²) in [6.07, 6.45) is 3.61. The third-order valence-electron chi connectivity index (χ3n) is 3.30. The Balaban J connectivity index is 2.67. The van der Waals surface area contributed by atoms with Crippen molar-refractivity contribution in [3.8, 4) is 0 Å². The van der Waals surface area contributed by atoms with E-state index in [0.717, 1.165) is 25.7 Å². The van der Waals surface area contributed by atoms with E-state index in [1.165, 1.54) is 4.57 Å². The molecule has 0 spiro atoms. The number of unbranched alkanes of at least 4 members (excludes halogenated alkanes) is 2.